The lowest BCUT2D eigenvalue weighted by Crippen LogP contribution is -1.79. The lowest BCUT2D eigenvalue weighted by Gasteiger charge is -1.99. The highest BCUT2D eigenvalue weighted by Gasteiger charge is 2.01. The second-order valence-electron chi connectivity index (χ2n) is 2.48. The van der Waals surface area contributed by atoms with E-state index in [1.807, 2.05) is 19.1 Å². The Labute approximate surface area is 72.7 Å². The predicted molar refractivity (Wildman–Crippen MR) is 51.7 cm³/mol. The summed E-state index contributed by atoms with van der Waals surface area (Å²) in [6.45, 7) is 9.39. The Bertz CT molecular complexity index is 302. The Balaban J connectivity index is 3.14. The van der Waals surface area contributed by atoms with E-state index >= 15 is 0 Å². The maximum Gasteiger partial charge on any atom is 0.134 e. The molecule has 0 N–H and O–H groups in total. The lowest BCUT2D eigenvalue weighted by molar-refractivity contribution is 0.554. The molecular weight excluding hydrogens is 148 g/mol. The van der Waals surface area contributed by atoms with Crippen molar-refractivity contribution >= 4 is 5.57 Å². The minimum absolute atomic E-state index is 0.836. The molecule has 0 bridgehead atoms. The first-order valence-electron chi connectivity index (χ1n) is 3.79. The summed E-state index contributed by atoms with van der Waals surface area (Å²) in [6, 6.07) is 3.76. The van der Waals surface area contributed by atoms with E-state index in [-0.39, 0.29) is 0 Å². The summed E-state index contributed by atoms with van der Waals surface area (Å²) in [4.78, 5) is 0. The van der Waals surface area contributed by atoms with Gasteiger partial charge < -0.3 is 4.42 Å². The molecule has 12 heavy (non-hydrogen) atoms. The fourth-order valence-electron chi connectivity index (χ4n) is 0.998. The van der Waals surface area contributed by atoms with Crippen LogP contribution in [-0.4, -0.2) is 0 Å². The first-order chi connectivity index (χ1) is 5.79. The van der Waals surface area contributed by atoms with Crippen molar-refractivity contribution in [1.29, 1.82) is 0 Å². The van der Waals surface area contributed by atoms with E-state index in [1.54, 1.807) is 18.4 Å². The van der Waals surface area contributed by atoms with Crippen molar-refractivity contribution in [3.63, 3.8) is 0 Å². The number of hydrogen-bond acceptors (Lipinski definition) is 1. The highest BCUT2D eigenvalue weighted by Crippen LogP contribution is 2.20. The zero-order valence-electron chi connectivity index (χ0n) is 7.21. The Morgan fingerprint density at radius 3 is 2.58 bits per heavy atom. The van der Waals surface area contributed by atoms with Gasteiger partial charge >= 0.3 is 0 Å². The quantitative estimate of drug-likeness (QED) is 0.617. The van der Waals surface area contributed by atoms with Gasteiger partial charge in [0, 0.05) is 5.57 Å². The molecule has 0 amide bonds. The van der Waals surface area contributed by atoms with Crippen LogP contribution in [0.15, 0.2) is 53.7 Å². The molecule has 0 atom stereocenters. The molecule has 0 aliphatic carbocycles. The minimum Gasteiger partial charge on any atom is -0.464 e. The number of rotatable bonds is 3. The highest BCUT2D eigenvalue weighted by atomic mass is 16.3. The fraction of sp³-hybridized carbons (Fsp3) is 0.0909. The van der Waals surface area contributed by atoms with Crippen LogP contribution in [0.1, 0.15) is 12.7 Å². The average Bonchev–Trinajstić information content (AvgIpc) is 2.58. The van der Waals surface area contributed by atoms with Crippen molar-refractivity contribution < 1.29 is 4.42 Å². The molecule has 0 radical (unpaired) electrons. The molecule has 1 rings (SSSR count). The third kappa shape index (κ3) is 1.56. The van der Waals surface area contributed by atoms with E-state index < -0.39 is 0 Å². The van der Waals surface area contributed by atoms with Crippen molar-refractivity contribution in [2.45, 2.75) is 6.92 Å². The summed E-state index contributed by atoms with van der Waals surface area (Å²) in [7, 11) is 0. The van der Waals surface area contributed by atoms with E-state index in [9.17, 15) is 0 Å². The van der Waals surface area contributed by atoms with Gasteiger partial charge in [-0.05, 0) is 24.6 Å². The summed E-state index contributed by atoms with van der Waals surface area (Å²) >= 11 is 0. The zero-order chi connectivity index (χ0) is 8.97. The topological polar surface area (TPSA) is 13.1 Å². The molecule has 62 valence electrons. The SMILES string of the molecule is C=C/C(C)=C(\C=C)c1ccco1. The largest absolute Gasteiger partial charge is 0.464 e. The van der Waals surface area contributed by atoms with Crippen LogP contribution in [0.5, 0.6) is 0 Å². The molecule has 0 unspecified atom stereocenters. The normalized spacial score (nSPS) is 12.1. The van der Waals surface area contributed by atoms with Crippen LogP contribution in [0.3, 0.4) is 0 Å². The van der Waals surface area contributed by atoms with E-state index in [0.717, 1.165) is 16.9 Å². The van der Waals surface area contributed by atoms with E-state index in [1.165, 1.54) is 0 Å². The number of allylic oxidation sites excluding steroid dienone is 4. The summed E-state index contributed by atoms with van der Waals surface area (Å²) in [5.41, 5.74) is 2.06. The molecule has 0 fully saturated rings. The molecule has 0 saturated heterocycles. The first kappa shape index (κ1) is 8.60. The molecule has 1 heterocycles. The molecular formula is C11H12O. The summed E-state index contributed by atoms with van der Waals surface area (Å²) < 4.78 is 5.23. The van der Waals surface area contributed by atoms with Gasteiger partial charge in [-0.25, -0.2) is 0 Å². The van der Waals surface area contributed by atoms with Crippen LogP contribution < -0.4 is 0 Å². The molecule has 0 aliphatic heterocycles. The van der Waals surface area contributed by atoms with Gasteiger partial charge in [0.25, 0.3) is 0 Å². The number of furan rings is 1. The van der Waals surface area contributed by atoms with Crippen molar-refractivity contribution in [3.05, 3.63) is 55.0 Å². The van der Waals surface area contributed by atoms with Gasteiger partial charge in [0.15, 0.2) is 0 Å². The molecule has 1 aromatic rings. The van der Waals surface area contributed by atoms with Crippen molar-refractivity contribution in [3.8, 4) is 0 Å². The van der Waals surface area contributed by atoms with Crippen LogP contribution >= 0.6 is 0 Å². The standard InChI is InChI=1S/C11H12O/c1-4-9(3)10(5-2)11-7-6-8-12-11/h4-8H,1-2H2,3H3/b10-9+. The molecule has 0 saturated carbocycles. The van der Waals surface area contributed by atoms with Crippen LogP contribution in [0.2, 0.25) is 0 Å². The van der Waals surface area contributed by atoms with Gasteiger partial charge in [-0.2, -0.15) is 0 Å². The smallest absolute Gasteiger partial charge is 0.134 e. The maximum atomic E-state index is 5.23. The first-order valence-corrected chi connectivity index (χ1v) is 3.79. The third-order valence-corrected chi connectivity index (χ3v) is 1.72. The van der Waals surface area contributed by atoms with Gasteiger partial charge in [-0.3, -0.25) is 0 Å². The van der Waals surface area contributed by atoms with Crippen molar-refractivity contribution in [2.75, 3.05) is 0 Å². The third-order valence-electron chi connectivity index (χ3n) is 1.72. The van der Waals surface area contributed by atoms with Crippen LogP contribution in [0, 0.1) is 0 Å². The average molecular weight is 160 g/mol. The second-order valence-corrected chi connectivity index (χ2v) is 2.48. The zero-order valence-corrected chi connectivity index (χ0v) is 7.21. The van der Waals surface area contributed by atoms with Crippen molar-refractivity contribution in [2.24, 2.45) is 0 Å². The number of hydrogen-bond donors (Lipinski definition) is 0. The minimum atomic E-state index is 0.836. The van der Waals surface area contributed by atoms with Gasteiger partial charge in [0.1, 0.15) is 5.76 Å². The second kappa shape index (κ2) is 3.77. The van der Waals surface area contributed by atoms with Crippen LogP contribution in [0.25, 0.3) is 5.57 Å². The Morgan fingerprint density at radius 1 is 1.42 bits per heavy atom. The highest BCUT2D eigenvalue weighted by molar-refractivity contribution is 5.74. The van der Waals surface area contributed by atoms with E-state index in [0.29, 0.717) is 0 Å². The summed E-state index contributed by atoms with van der Waals surface area (Å²) in [6.07, 6.45) is 5.21. The fourth-order valence-corrected chi connectivity index (χ4v) is 0.998. The summed E-state index contributed by atoms with van der Waals surface area (Å²) in [5.74, 6) is 0.836. The maximum absolute atomic E-state index is 5.23. The van der Waals surface area contributed by atoms with Gasteiger partial charge in [0.2, 0.25) is 0 Å². The molecule has 0 aromatic carbocycles. The van der Waals surface area contributed by atoms with E-state index in [4.69, 9.17) is 4.42 Å². The van der Waals surface area contributed by atoms with Crippen LogP contribution in [0.4, 0.5) is 0 Å². The van der Waals surface area contributed by atoms with Gasteiger partial charge in [-0.15, -0.1) is 0 Å². The van der Waals surface area contributed by atoms with Crippen molar-refractivity contribution in [1.82, 2.24) is 0 Å². The Morgan fingerprint density at radius 2 is 2.17 bits per heavy atom. The van der Waals surface area contributed by atoms with E-state index in [2.05, 4.69) is 13.2 Å². The predicted octanol–water partition coefficient (Wildman–Crippen LogP) is 3.43. The molecule has 1 aromatic heterocycles. The monoisotopic (exact) mass is 160 g/mol. The summed E-state index contributed by atoms with van der Waals surface area (Å²) in [5, 5.41) is 0. The van der Waals surface area contributed by atoms with Gasteiger partial charge in [0.05, 0.1) is 6.26 Å². The molecule has 0 aliphatic rings. The molecule has 1 nitrogen and oxygen atoms in total. The lowest BCUT2D eigenvalue weighted by atomic mass is 10.1. The molecule has 1 heteroatoms. The van der Waals surface area contributed by atoms with Crippen LogP contribution in [-0.2, 0) is 0 Å². The Kier molecular flexibility index (Phi) is 2.70. The Hall–Kier alpha value is -1.50. The molecule has 0 spiro atoms. The van der Waals surface area contributed by atoms with Gasteiger partial charge in [-0.1, -0.05) is 25.3 Å².